The summed E-state index contributed by atoms with van der Waals surface area (Å²) in [7, 11) is 0. The smallest absolute Gasteiger partial charge is 0.416 e. The van der Waals surface area contributed by atoms with Crippen molar-refractivity contribution >= 4 is 44.2 Å². The fourth-order valence-electron chi connectivity index (χ4n) is 6.09. The summed E-state index contributed by atoms with van der Waals surface area (Å²) in [4.78, 5) is 33.5. The van der Waals surface area contributed by atoms with E-state index in [0.717, 1.165) is 68.0 Å². The molecule has 2 saturated heterocycles. The number of carbonyl (C=O) groups excluding carboxylic acids is 1. The number of piperazine rings is 1. The predicted octanol–water partition coefficient (Wildman–Crippen LogP) is 6.69. The Kier molecular flexibility index (Phi) is 11.6. The molecule has 1 N–H and O–H groups in total. The Morgan fingerprint density at radius 1 is 1.13 bits per heavy atom. The zero-order valence-corrected chi connectivity index (χ0v) is 28.8. The van der Waals surface area contributed by atoms with Gasteiger partial charge in [0.2, 0.25) is 0 Å². The maximum atomic E-state index is 13.7. The van der Waals surface area contributed by atoms with E-state index in [0.29, 0.717) is 65.5 Å². The number of thiazole rings is 1. The second-order valence-corrected chi connectivity index (χ2v) is 14.0. The topological polar surface area (TPSA) is 86.7 Å². The average molecular weight is 725 g/mol. The van der Waals surface area contributed by atoms with E-state index in [1.165, 1.54) is 17.4 Å². The quantitative estimate of drug-likeness (QED) is 0.206. The first-order valence-electron chi connectivity index (χ1n) is 15.8. The molecule has 1 atom stereocenters. The molecule has 4 heterocycles. The van der Waals surface area contributed by atoms with Crippen LogP contribution in [-0.4, -0.2) is 82.6 Å². The number of halogens is 4. The van der Waals surface area contributed by atoms with Gasteiger partial charge in [-0.2, -0.15) is 13.2 Å². The first-order valence-corrected chi connectivity index (χ1v) is 17.4. The average Bonchev–Trinajstić information content (AvgIpc) is 3.66. The molecule has 0 saturated carbocycles. The third-order valence-electron chi connectivity index (χ3n) is 8.47. The van der Waals surface area contributed by atoms with Gasteiger partial charge < -0.3 is 15.0 Å². The molecule has 0 amide bonds. The van der Waals surface area contributed by atoms with E-state index in [-0.39, 0.29) is 5.97 Å². The highest BCUT2D eigenvalue weighted by Crippen LogP contribution is 2.39. The number of esters is 1. The molecule has 3 aromatic rings. The first kappa shape index (κ1) is 34.5. The number of ether oxygens (including phenoxy) is 1. The minimum Gasteiger partial charge on any atom is -0.466 e. The van der Waals surface area contributed by atoms with Gasteiger partial charge >= 0.3 is 12.1 Å². The molecule has 0 aliphatic carbocycles. The molecule has 0 spiro atoms. The van der Waals surface area contributed by atoms with Gasteiger partial charge in [-0.1, -0.05) is 29.8 Å². The van der Waals surface area contributed by atoms with Crippen LogP contribution in [0.4, 0.5) is 24.1 Å². The van der Waals surface area contributed by atoms with Gasteiger partial charge in [-0.25, -0.2) is 9.97 Å². The summed E-state index contributed by atoms with van der Waals surface area (Å²) >= 11 is 4.76. The van der Waals surface area contributed by atoms with E-state index in [2.05, 4.69) is 59.8 Å². The Balaban J connectivity index is 1.25. The molecule has 1 aromatic carbocycles. The van der Waals surface area contributed by atoms with Gasteiger partial charge in [0.25, 0.3) is 0 Å². The maximum absolute atomic E-state index is 13.7. The minimum atomic E-state index is -4.46. The number of carbonyl (C=O) groups is 1. The zero-order valence-electron chi connectivity index (χ0n) is 26.4. The second-order valence-electron chi connectivity index (χ2n) is 12.0. The molecule has 46 heavy (non-hydrogen) atoms. The van der Waals surface area contributed by atoms with Crippen LogP contribution in [0.15, 0.2) is 35.1 Å². The Hall–Kier alpha value is -2.81. The molecule has 0 unspecified atom stereocenters. The number of hydrogen-bond acceptors (Lipinski definition) is 10. The van der Waals surface area contributed by atoms with Crippen LogP contribution < -0.4 is 10.2 Å². The van der Waals surface area contributed by atoms with Gasteiger partial charge in [-0.15, -0.1) is 11.3 Å². The standard InChI is InChI=1S/C32H41BrF3N7O2S/c1-4-45-29(44)7-9-41-10-12-42(13-11-41)28-19-37-25(17-38-28)18-39-31-40-30(22-14-23(32(34,35)36)16-24(33)15-22)27(46-31)20-43-8-5-6-26(43)21(2)3/h14-17,19,21,26H,4-13,18,20H2,1-3H3,(H,39,40)/t26-/m0/s1. The zero-order chi connectivity index (χ0) is 32.8. The van der Waals surface area contributed by atoms with E-state index < -0.39 is 11.7 Å². The summed E-state index contributed by atoms with van der Waals surface area (Å²) in [6, 6.07) is 4.41. The van der Waals surface area contributed by atoms with Crippen LogP contribution in [0, 0.1) is 5.92 Å². The SMILES string of the molecule is CCOC(=O)CCN1CCN(c2cnc(CNc3nc(-c4cc(Br)cc(C(F)(F)F)c4)c(CN4CCC[C@H]4C(C)C)s3)cn2)CC1. The number of hydrogen-bond donors (Lipinski definition) is 1. The Labute approximate surface area is 280 Å². The number of nitrogens with one attached hydrogen (secondary N) is 1. The number of alkyl halides is 3. The van der Waals surface area contributed by atoms with Crippen LogP contribution in [0.5, 0.6) is 0 Å². The molecule has 2 aliphatic heterocycles. The first-order chi connectivity index (χ1) is 22.0. The minimum absolute atomic E-state index is 0.166. The molecule has 2 aromatic heterocycles. The third kappa shape index (κ3) is 8.96. The molecule has 2 aliphatic rings. The number of nitrogens with zero attached hydrogens (tertiary/aromatic N) is 6. The Bertz CT molecular complexity index is 1460. The molecular formula is C32H41BrF3N7O2S. The van der Waals surface area contributed by atoms with Gasteiger partial charge in [0, 0.05) is 60.2 Å². The number of anilines is 2. The summed E-state index contributed by atoms with van der Waals surface area (Å²) < 4.78 is 46.5. The van der Waals surface area contributed by atoms with Crippen molar-refractivity contribution in [1.82, 2.24) is 24.8 Å². The van der Waals surface area contributed by atoms with Crippen LogP contribution in [0.1, 0.15) is 56.2 Å². The summed E-state index contributed by atoms with van der Waals surface area (Å²) in [6.45, 7) is 12.5. The molecule has 5 rings (SSSR count). The fourth-order valence-corrected chi connectivity index (χ4v) is 7.59. The molecule has 250 valence electrons. The lowest BCUT2D eigenvalue weighted by Crippen LogP contribution is -2.47. The van der Waals surface area contributed by atoms with Crippen molar-refractivity contribution < 1.29 is 22.7 Å². The summed E-state index contributed by atoms with van der Waals surface area (Å²) in [5, 5.41) is 3.97. The van der Waals surface area contributed by atoms with Crippen molar-refractivity contribution in [1.29, 1.82) is 0 Å². The van der Waals surface area contributed by atoms with Gasteiger partial charge in [-0.05, 0) is 50.4 Å². The summed E-state index contributed by atoms with van der Waals surface area (Å²) in [6.07, 6.45) is 1.67. The van der Waals surface area contributed by atoms with Crippen molar-refractivity contribution in [2.75, 3.05) is 56.1 Å². The molecule has 9 nitrogen and oxygen atoms in total. The number of likely N-dealkylation sites (tertiary alicyclic amines) is 1. The van der Waals surface area contributed by atoms with E-state index >= 15 is 0 Å². The van der Waals surface area contributed by atoms with Gasteiger partial charge in [0.05, 0.1) is 48.9 Å². The van der Waals surface area contributed by atoms with Crippen molar-refractivity contribution in [3.8, 4) is 11.3 Å². The van der Waals surface area contributed by atoms with Crippen LogP contribution in [0.3, 0.4) is 0 Å². The Morgan fingerprint density at radius 3 is 2.59 bits per heavy atom. The number of rotatable bonds is 12. The van der Waals surface area contributed by atoms with Gasteiger partial charge in [0.1, 0.15) is 5.82 Å². The summed E-state index contributed by atoms with van der Waals surface area (Å²) in [5.41, 5.74) is 1.03. The highest BCUT2D eigenvalue weighted by atomic mass is 79.9. The highest BCUT2D eigenvalue weighted by molar-refractivity contribution is 9.10. The van der Waals surface area contributed by atoms with Crippen molar-refractivity contribution in [2.24, 2.45) is 5.92 Å². The lowest BCUT2D eigenvalue weighted by atomic mass is 10.0. The largest absolute Gasteiger partial charge is 0.466 e. The van der Waals surface area contributed by atoms with Crippen molar-refractivity contribution in [2.45, 2.75) is 65.3 Å². The van der Waals surface area contributed by atoms with Crippen LogP contribution in [0.2, 0.25) is 0 Å². The van der Waals surface area contributed by atoms with Crippen LogP contribution >= 0.6 is 27.3 Å². The van der Waals surface area contributed by atoms with Crippen LogP contribution in [0.25, 0.3) is 11.3 Å². The molecule has 14 heteroatoms. The molecular weight excluding hydrogens is 683 g/mol. The van der Waals surface area contributed by atoms with E-state index in [1.807, 2.05) is 6.92 Å². The van der Waals surface area contributed by atoms with E-state index in [9.17, 15) is 18.0 Å². The highest BCUT2D eigenvalue weighted by Gasteiger charge is 2.33. The maximum Gasteiger partial charge on any atom is 0.416 e. The number of aromatic nitrogens is 3. The Morgan fingerprint density at radius 2 is 1.91 bits per heavy atom. The van der Waals surface area contributed by atoms with Crippen LogP contribution in [-0.2, 0) is 28.8 Å². The second kappa shape index (κ2) is 15.4. The monoisotopic (exact) mass is 723 g/mol. The number of benzene rings is 1. The van der Waals surface area contributed by atoms with Crippen molar-refractivity contribution in [3.63, 3.8) is 0 Å². The lowest BCUT2D eigenvalue weighted by Gasteiger charge is -2.35. The molecule has 0 radical (unpaired) electrons. The van der Waals surface area contributed by atoms with E-state index in [1.54, 1.807) is 18.5 Å². The van der Waals surface area contributed by atoms with E-state index in [4.69, 9.17) is 9.72 Å². The third-order valence-corrected chi connectivity index (χ3v) is 9.93. The van der Waals surface area contributed by atoms with Crippen molar-refractivity contribution in [3.05, 3.63) is 51.2 Å². The lowest BCUT2D eigenvalue weighted by molar-refractivity contribution is -0.143. The van der Waals surface area contributed by atoms with Gasteiger partial charge in [0.15, 0.2) is 5.13 Å². The van der Waals surface area contributed by atoms with Gasteiger partial charge in [-0.3, -0.25) is 19.6 Å². The summed E-state index contributed by atoms with van der Waals surface area (Å²) in [5.74, 6) is 1.12. The molecule has 2 fully saturated rings. The normalized spacial score (nSPS) is 18.0. The fraction of sp³-hybridized carbons (Fsp3) is 0.562. The predicted molar refractivity (Wildman–Crippen MR) is 178 cm³/mol. The molecule has 0 bridgehead atoms.